The molecule has 0 bridgehead atoms. The number of allylic oxidation sites excluding steroid dienone is 3. The van der Waals surface area contributed by atoms with E-state index in [4.69, 9.17) is 17.5 Å². The normalized spacial score (nSPS) is 18.0. The summed E-state index contributed by atoms with van der Waals surface area (Å²) in [4.78, 5) is 0. The fraction of sp³-hybridized carbons (Fsp3) is 0. The SMILES string of the molecule is N#CC(C(=S)S)=C1C=CC=CN1. The second-order valence-corrected chi connectivity index (χ2v) is 3.23. The Morgan fingerprint density at radius 3 is 2.75 bits per heavy atom. The van der Waals surface area contributed by atoms with E-state index in [1.54, 1.807) is 12.3 Å². The van der Waals surface area contributed by atoms with Gasteiger partial charge in [0, 0.05) is 6.20 Å². The molecule has 1 aliphatic rings. The van der Waals surface area contributed by atoms with E-state index in [0.29, 0.717) is 15.5 Å². The minimum atomic E-state index is 0.306. The lowest BCUT2D eigenvalue weighted by Gasteiger charge is -2.06. The Hall–Kier alpha value is -1.05. The largest absolute Gasteiger partial charge is 0.361 e. The van der Waals surface area contributed by atoms with Gasteiger partial charge >= 0.3 is 0 Å². The number of nitrogens with zero attached hydrogens (tertiary/aromatic N) is 1. The summed E-state index contributed by atoms with van der Waals surface area (Å²) in [5, 5.41) is 11.6. The van der Waals surface area contributed by atoms with E-state index in [1.165, 1.54) is 0 Å². The van der Waals surface area contributed by atoms with Crippen molar-refractivity contribution in [2.45, 2.75) is 0 Å². The molecule has 0 fully saturated rings. The Balaban J connectivity index is 3.04. The molecule has 0 saturated heterocycles. The van der Waals surface area contributed by atoms with E-state index in [0.717, 1.165) is 0 Å². The summed E-state index contributed by atoms with van der Waals surface area (Å²) < 4.78 is 0.306. The van der Waals surface area contributed by atoms with Crippen LogP contribution in [-0.2, 0) is 0 Å². The van der Waals surface area contributed by atoms with Crippen molar-refractivity contribution < 1.29 is 0 Å². The first-order valence-corrected chi connectivity index (χ1v) is 4.08. The predicted octanol–water partition coefficient (Wildman–Crippen LogP) is 1.69. The molecule has 1 aliphatic heterocycles. The summed E-state index contributed by atoms with van der Waals surface area (Å²) in [6, 6.07) is 1.99. The van der Waals surface area contributed by atoms with Crippen molar-refractivity contribution in [3.63, 3.8) is 0 Å². The van der Waals surface area contributed by atoms with Gasteiger partial charge in [-0.2, -0.15) is 5.26 Å². The van der Waals surface area contributed by atoms with E-state index in [-0.39, 0.29) is 0 Å². The van der Waals surface area contributed by atoms with Crippen LogP contribution in [0.2, 0.25) is 0 Å². The fourth-order valence-corrected chi connectivity index (χ4v) is 1.10. The average molecular weight is 194 g/mol. The van der Waals surface area contributed by atoms with Crippen molar-refractivity contribution in [2.75, 3.05) is 0 Å². The van der Waals surface area contributed by atoms with E-state index in [1.807, 2.05) is 18.2 Å². The summed E-state index contributed by atoms with van der Waals surface area (Å²) in [5.41, 5.74) is 1.09. The van der Waals surface area contributed by atoms with Crippen molar-refractivity contribution in [1.29, 1.82) is 5.26 Å². The molecule has 0 amide bonds. The molecule has 0 spiro atoms. The van der Waals surface area contributed by atoms with Crippen LogP contribution in [-0.4, -0.2) is 4.20 Å². The minimum absolute atomic E-state index is 0.306. The van der Waals surface area contributed by atoms with Gasteiger partial charge < -0.3 is 5.32 Å². The zero-order valence-corrected chi connectivity index (χ0v) is 7.82. The van der Waals surface area contributed by atoms with Gasteiger partial charge in [0.1, 0.15) is 6.07 Å². The molecule has 0 aliphatic carbocycles. The highest BCUT2D eigenvalue weighted by Gasteiger charge is 2.06. The standard InChI is InChI=1S/C8H6N2S2/c9-5-6(8(11)12)7-3-1-2-4-10-7/h1-4,10H,(H,11,12). The number of thiocarbonyl (C=S) groups is 1. The van der Waals surface area contributed by atoms with Crippen molar-refractivity contribution in [2.24, 2.45) is 0 Å². The maximum Gasteiger partial charge on any atom is 0.103 e. The van der Waals surface area contributed by atoms with Crippen molar-refractivity contribution >= 4 is 29.0 Å². The van der Waals surface area contributed by atoms with Crippen LogP contribution in [0, 0.1) is 11.3 Å². The van der Waals surface area contributed by atoms with Gasteiger partial charge in [-0.1, -0.05) is 18.3 Å². The van der Waals surface area contributed by atoms with Crippen molar-refractivity contribution in [3.05, 3.63) is 35.7 Å². The fourth-order valence-electron chi connectivity index (χ4n) is 0.772. The number of nitrogens with one attached hydrogen (secondary N) is 1. The Bertz CT molecular complexity index is 331. The number of dihydropyridines is 1. The lowest BCUT2D eigenvalue weighted by molar-refractivity contribution is 1.09. The van der Waals surface area contributed by atoms with Crippen molar-refractivity contribution in [3.8, 4) is 6.07 Å². The number of hydrogen-bond acceptors (Lipinski definition) is 3. The molecular weight excluding hydrogens is 188 g/mol. The molecular formula is C8H6N2S2. The first-order chi connectivity index (χ1) is 5.75. The summed E-state index contributed by atoms with van der Waals surface area (Å²) in [5.74, 6) is 0. The number of hydrogen-bond donors (Lipinski definition) is 2. The van der Waals surface area contributed by atoms with Gasteiger partial charge in [-0.25, -0.2) is 0 Å². The van der Waals surface area contributed by atoms with Crippen LogP contribution in [0.1, 0.15) is 0 Å². The maximum absolute atomic E-state index is 8.71. The van der Waals surface area contributed by atoms with Crippen molar-refractivity contribution in [1.82, 2.24) is 5.32 Å². The highest BCUT2D eigenvalue weighted by atomic mass is 32.1. The first-order valence-electron chi connectivity index (χ1n) is 3.23. The predicted molar refractivity (Wildman–Crippen MR) is 55.6 cm³/mol. The molecule has 1 heterocycles. The summed E-state index contributed by atoms with van der Waals surface area (Å²) in [6.07, 6.45) is 7.18. The molecule has 0 aromatic rings. The lowest BCUT2D eigenvalue weighted by atomic mass is 10.2. The molecule has 0 atom stereocenters. The zero-order valence-electron chi connectivity index (χ0n) is 6.11. The lowest BCUT2D eigenvalue weighted by Crippen LogP contribution is -2.09. The Labute approximate surface area is 81.7 Å². The van der Waals surface area contributed by atoms with Crippen LogP contribution in [0.25, 0.3) is 0 Å². The highest BCUT2D eigenvalue weighted by Crippen LogP contribution is 2.10. The average Bonchev–Trinajstić information content (AvgIpc) is 2.07. The van der Waals surface area contributed by atoms with E-state index in [2.05, 4.69) is 17.9 Å². The Morgan fingerprint density at radius 1 is 1.58 bits per heavy atom. The summed E-state index contributed by atoms with van der Waals surface area (Å²) in [6.45, 7) is 0. The third-order valence-electron chi connectivity index (χ3n) is 1.30. The second kappa shape index (κ2) is 4.10. The molecule has 60 valence electrons. The third kappa shape index (κ3) is 1.97. The Morgan fingerprint density at radius 2 is 2.33 bits per heavy atom. The van der Waals surface area contributed by atoms with Gasteiger partial charge in [-0.15, -0.1) is 12.6 Å². The molecule has 1 N–H and O–H groups in total. The number of nitriles is 1. The van der Waals surface area contributed by atoms with Gasteiger partial charge in [0.15, 0.2) is 0 Å². The van der Waals surface area contributed by atoms with E-state index < -0.39 is 0 Å². The molecule has 0 unspecified atom stereocenters. The molecule has 0 saturated carbocycles. The van der Waals surface area contributed by atoms with Gasteiger partial charge in [-0.05, 0) is 12.2 Å². The smallest absolute Gasteiger partial charge is 0.103 e. The molecule has 0 aromatic carbocycles. The zero-order chi connectivity index (χ0) is 8.97. The molecule has 0 radical (unpaired) electrons. The van der Waals surface area contributed by atoms with E-state index in [9.17, 15) is 0 Å². The van der Waals surface area contributed by atoms with Crippen LogP contribution < -0.4 is 5.32 Å². The number of rotatable bonds is 1. The van der Waals surface area contributed by atoms with E-state index >= 15 is 0 Å². The van der Waals surface area contributed by atoms with Crippen LogP contribution in [0.3, 0.4) is 0 Å². The van der Waals surface area contributed by atoms with Gasteiger partial charge in [0.05, 0.1) is 15.5 Å². The number of thiol groups is 1. The van der Waals surface area contributed by atoms with Crippen LogP contribution in [0.5, 0.6) is 0 Å². The Kier molecular flexibility index (Phi) is 3.09. The molecule has 4 heteroatoms. The van der Waals surface area contributed by atoms with Gasteiger partial charge in [0.2, 0.25) is 0 Å². The monoisotopic (exact) mass is 194 g/mol. The van der Waals surface area contributed by atoms with Crippen LogP contribution in [0.4, 0.5) is 0 Å². The second-order valence-electron chi connectivity index (χ2n) is 2.07. The van der Waals surface area contributed by atoms with Gasteiger partial charge in [0.25, 0.3) is 0 Å². The minimum Gasteiger partial charge on any atom is -0.361 e. The third-order valence-corrected chi connectivity index (χ3v) is 1.73. The maximum atomic E-state index is 8.71. The molecule has 0 aromatic heterocycles. The molecule has 12 heavy (non-hydrogen) atoms. The summed E-state index contributed by atoms with van der Waals surface area (Å²) in [7, 11) is 0. The topological polar surface area (TPSA) is 35.8 Å². The van der Waals surface area contributed by atoms with Gasteiger partial charge in [-0.3, -0.25) is 0 Å². The molecule has 2 nitrogen and oxygen atoms in total. The quantitative estimate of drug-likeness (QED) is 0.289. The highest BCUT2D eigenvalue weighted by molar-refractivity contribution is 8.11. The molecule has 1 rings (SSSR count). The summed E-state index contributed by atoms with van der Waals surface area (Å²) >= 11 is 8.72. The van der Waals surface area contributed by atoms with Crippen LogP contribution in [0.15, 0.2) is 35.7 Å². The van der Waals surface area contributed by atoms with Crippen LogP contribution >= 0.6 is 24.8 Å². The first kappa shape index (κ1) is 9.04.